The third-order valence-corrected chi connectivity index (χ3v) is 6.13. The molecule has 2 fully saturated rings. The molecular weight excluding hydrogens is 280 g/mol. The molecule has 122 valence electrons. The molecule has 2 aliphatic rings. The van der Waals surface area contributed by atoms with E-state index in [-0.39, 0.29) is 5.41 Å². The van der Waals surface area contributed by atoms with Crippen molar-refractivity contribution >= 4 is 17.7 Å². The number of hydrogen-bond acceptors (Lipinski definition) is 3. The summed E-state index contributed by atoms with van der Waals surface area (Å²) in [5, 5.41) is 3.85. The lowest BCUT2D eigenvalue weighted by Gasteiger charge is -2.40. The van der Waals surface area contributed by atoms with E-state index in [0.29, 0.717) is 23.4 Å². The first-order valence-electron chi connectivity index (χ1n) is 8.30. The van der Waals surface area contributed by atoms with Crippen LogP contribution in [0, 0.1) is 10.8 Å². The van der Waals surface area contributed by atoms with E-state index in [1.807, 2.05) is 20.8 Å². The fourth-order valence-corrected chi connectivity index (χ4v) is 4.71. The molecule has 0 saturated carbocycles. The van der Waals surface area contributed by atoms with Crippen molar-refractivity contribution in [3.63, 3.8) is 0 Å². The van der Waals surface area contributed by atoms with Crippen molar-refractivity contribution in [2.45, 2.75) is 66.0 Å². The van der Waals surface area contributed by atoms with Crippen LogP contribution in [0.2, 0.25) is 0 Å². The van der Waals surface area contributed by atoms with Crippen LogP contribution in [0.15, 0.2) is 0 Å². The zero-order valence-corrected chi connectivity index (χ0v) is 15.2. The minimum Gasteiger partial charge on any atom is -0.342 e. The summed E-state index contributed by atoms with van der Waals surface area (Å²) in [4.78, 5) is 14.4. The topological polar surface area (TPSA) is 32.3 Å². The highest BCUT2D eigenvalue weighted by atomic mass is 32.2. The van der Waals surface area contributed by atoms with Crippen LogP contribution >= 0.6 is 11.8 Å². The fraction of sp³-hybridized carbons (Fsp3) is 0.941. The molecule has 1 atom stereocenters. The Morgan fingerprint density at radius 1 is 1.19 bits per heavy atom. The summed E-state index contributed by atoms with van der Waals surface area (Å²) in [5.41, 5.74) is 0.216. The van der Waals surface area contributed by atoms with E-state index in [1.165, 1.54) is 17.9 Å². The maximum atomic E-state index is 12.3. The smallest absolute Gasteiger partial charge is 0.227 e. The van der Waals surface area contributed by atoms with Gasteiger partial charge in [0.15, 0.2) is 0 Å². The van der Waals surface area contributed by atoms with E-state index in [1.54, 1.807) is 0 Å². The Morgan fingerprint density at radius 2 is 1.81 bits per heavy atom. The molecule has 0 spiro atoms. The number of carbonyl (C=O) groups is 1. The molecular formula is C17H32N2OS. The molecule has 4 heteroatoms. The van der Waals surface area contributed by atoms with Crippen molar-refractivity contribution in [2.24, 2.45) is 10.8 Å². The van der Waals surface area contributed by atoms with Crippen molar-refractivity contribution in [1.29, 1.82) is 0 Å². The maximum Gasteiger partial charge on any atom is 0.227 e. The molecule has 0 aliphatic carbocycles. The van der Waals surface area contributed by atoms with Gasteiger partial charge in [0.05, 0.1) is 0 Å². The predicted octanol–water partition coefficient (Wildman–Crippen LogP) is 3.14. The Morgan fingerprint density at radius 3 is 2.33 bits per heavy atom. The summed E-state index contributed by atoms with van der Waals surface area (Å²) in [7, 11) is 0. The van der Waals surface area contributed by atoms with Crippen molar-refractivity contribution in [2.75, 3.05) is 24.6 Å². The standard InChI is InChI=1S/C17H32N2OS/c1-16(2,3)15(20)19-8-6-13(7-9-19)18-14-10-17(4,5)12-21-11-14/h13-14,18H,6-12H2,1-5H3. The number of carbonyl (C=O) groups excluding carboxylic acids is 1. The third kappa shape index (κ3) is 4.88. The van der Waals surface area contributed by atoms with E-state index in [9.17, 15) is 4.79 Å². The van der Waals surface area contributed by atoms with Gasteiger partial charge < -0.3 is 10.2 Å². The Hall–Kier alpha value is -0.220. The normalized spacial score (nSPS) is 27.7. The molecule has 0 aromatic carbocycles. The quantitative estimate of drug-likeness (QED) is 0.850. The second kappa shape index (κ2) is 6.49. The Balaban J connectivity index is 1.78. The number of likely N-dealkylation sites (tertiary alicyclic amines) is 1. The van der Waals surface area contributed by atoms with Crippen LogP contribution in [0.5, 0.6) is 0 Å². The molecule has 21 heavy (non-hydrogen) atoms. The molecule has 2 rings (SSSR count). The van der Waals surface area contributed by atoms with Crippen LogP contribution in [0.3, 0.4) is 0 Å². The molecule has 0 bridgehead atoms. The van der Waals surface area contributed by atoms with Crippen LogP contribution in [0.25, 0.3) is 0 Å². The summed E-state index contributed by atoms with van der Waals surface area (Å²) in [6.45, 7) is 12.6. The SMILES string of the molecule is CC1(C)CSCC(NC2CCN(C(=O)C(C)(C)C)CC2)C1. The van der Waals surface area contributed by atoms with Crippen molar-refractivity contribution in [1.82, 2.24) is 10.2 Å². The zero-order chi connectivity index (χ0) is 15.7. The molecule has 2 saturated heterocycles. The summed E-state index contributed by atoms with van der Waals surface area (Å²) < 4.78 is 0. The highest BCUT2D eigenvalue weighted by molar-refractivity contribution is 7.99. The van der Waals surface area contributed by atoms with Gasteiger partial charge in [0.25, 0.3) is 0 Å². The fourth-order valence-electron chi connectivity index (χ4n) is 3.43. The van der Waals surface area contributed by atoms with Crippen molar-refractivity contribution in [3.05, 3.63) is 0 Å². The number of rotatable bonds is 2. The molecule has 0 aromatic heterocycles. The molecule has 3 nitrogen and oxygen atoms in total. The molecule has 1 amide bonds. The zero-order valence-electron chi connectivity index (χ0n) is 14.4. The van der Waals surface area contributed by atoms with Gasteiger partial charge in [-0.1, -0.05) is 34.6 Å². The van der Waals surface area contributed by atoms with Crippen molar-refractivity contribution < 1.29 is 4.79 Å². The number of nitrogens with zero attached hydrogens (tertiary/aromatic N) is 1. The maximum absolute atomic E-state index is 12.3. The molecule has 0 aromatic rings. The minimum absolute atomic E-state index is 0.246. The summed E-state index contributed by atoms with van der Waals surface area (Å²) in [5.74, 6) is 2.82. The van der Waals surface area contributed by atoms with Crippen LogP contribution < -0.4 is 5.32 Å². The van der Waals surface area contributed by atoms with Crippen LogP contribution in [0.4, 0.5) is 0 Å². The third-order valence-electron chi connectivity index (χ3n) is 4.51. The highest BCUT2D eigenvalue weighted by Crippen LogP contribution is 2.34. The molecule has 0 radical (unpaired) electrons. The number of amides is 1. The van der Waals surface area contributed by atoms with Gasteiger partial charge in [-0.3, -0.25) is 4.79 Å². The molecule has 2 heterocycles. The first-order chi connectivity index (χ1) is 9.67. The predicted molar refractivity (Wildman–Crippen MR) is 91.7 cm³/mol. The van der Waals surface area contributed by atoms with Gasteiger partial charge in [0.1, 0.15) is 0 Å². The van der Waals surface area contributed by atoms with Crippen molar-refractivity contribution in [3.8, 4) is 0 Å². The molecule has 2 aliphatic heterocycles. The van der Waals surface area contributed by atoms with Gasteiger partial charge in [-0.2, -0.15) is 11.8 Å². The molecule has 1 unspecified atom stereocenters. The first-order valence-corrected chi connectivity index (χ1v) is 9.46. The van der Waals surface area contributed by atoms with Gasteiger partial charge in [0.2, 0.25) is 5.91 Å². The Labute approximate surface area is 134 Å². The van der Waals surface area contributed by atoms with Gasteiger partial charge in [-0.15, -0.1) is 0 Å². The van der Waals surface area contributed by atoms with E-state index in [2.05, 4.69) is 35.8 Å². The van der Waals surface area contributed by atoms with Gasteiger partial charge in [-0.05, 0) is 30.4 Å². The number of nitrogens with one attached hydrogen (secondary N) is 1. The lowest BCUT2D eigenvalue weighted by Crippen LogP contribution is -2.52. The second-order valence-corrected chi connectivity index (χ2v) is 9.59. The lowest BCUT2D eigenvalue weighted by molar-refractivity contribution is -0.140. The monoisotopic (exact) mass is 312 g/mol. The summed E-state index contributed by atoms with van der Waals surface area (Å²) >= 11 is 2.08. The van der Waals surface area contributed by atoms with Crippen LogP contribution in [-0.2, 0) is 4.79 Å². The lowest BCUT2D eigenvalue weighted by atomic mass is 9.87. The van der Waals surface area contributed by atoms with Crippen LogP contribution in [-0.4, -0.2) is 47.5 Å². The average molecular weight is 313 g/mol. The number of hydrogen-bond donors (Lipinski definition) is 1. The first kappa shape index (κ1) is 17.1. The van der Waals surface area contributed by atoms with Gasteiger partial charge in [0, 0.05) is 36.3 Å². The highest BCUT2D eigenvalue weighted by Gasteiger charge is 2.33. The second-order valence-electron chi connectivity index (χ2n) is 8.56. The van der Waals surface area contributed by atoms with Gasteiger partial charge in [-0.25, -0.2) is 0 Å². The van der Waals surface area contributed by atoms with E-state index < -0.39 is 0 Å². The summed E-state index contributed by atoms with van der Waals surface area (Å²) in [6.07, 6.45) is 3.48. The largest absolute Gasteiger partial charge is 0.342 e. The Kier molecular flexibility index (Phi) is 5.30. The Bertz CT molecular complexity index is 367. The van der Waals surface area contributed by atoms with E-state index >= 15 is 0 Å². The number of thioether (sulfide) groups is 1. The minimum atomic E-state index is -0.246. The number of piperidine rings is 1. The van der Waals surface area contributed by atoms with E-state index in [4.69, 9.17) is 0 Å². The van der Waals surface area contributed by atoms with Gasteiger partial charge >= 0.3 is 0 Å². The average Bonchev–Trinajstić information content (AvgIpc) is 2.36. The van der Waals surface area contributed by atoms with Crippen LogP contribution in [0.1, 0.15) is 53.9 Å². The van der Waals surface area contributed by atoms with E-state index in [0.717, 1.165) is 25.9 Å². The molecule has 1 N–H and O–H groups in total. The summed E-state index contributed by atoms with van der Waals surface area (Å²) in [6, 6.07) is 1.24.